The summed E-state index contributed by atoms with van der Waals surface area (Å²) < 4.78 is 5.95. The van der Waals surface area contributed by atoms with Crippen LogP contribution in [-0.4, -0.2) is 5.97 Å². The average Bonchev–Trinajstić information content (AvgIpc) is 3.15. The monoisotopic (exact) mass is 430 g/mol. The van der Waals surface area contributed by atoms with Gasteiger partial charge in [-0.15, -0.1) is 0 Å². The zero-order valence-corrected chi connectivity index (χ0v) is 18.8. The lowest BCUT2D eigenvalue weighted by Gasteiger charge is -2.18. The Morgan fingerprint density at radius 1 is 0.758 bits per heavy atom. The van der Waals surface area contributed by atoms with Gasteiger partial charge < -0.3 is 4.74 Å². The van der Waals surface area contributed by atoms with Gasteiger partial charge in [0.05, 0.1) is 0 Å². The van der Waals surface area contributed by atoms with Gasteiger partial charge in [-0.05, 0) is 53.1 Å². The number of esters is 1. The van der Waals surface area contributed by atoms with E-state index in [-0.39, 0.29) is 5.97 Å². The number of carbonyl (C=O) groups excluding carboxylic acids is 1. The maximum atomic E-state index is 12.5. The third-order valence-electron chi connectivity index (χ3n) is 6.27. The standard InChI is InChI=1S/C31H26O2/c1-21(2)31(32)33-30-26-16-10-9-15-25(26)29-27(30)18-17-24(19-22-11-5-3-6-12-22)28(29)20-23-13-7-4-8-14-23/h3-18,30H,1,19-20H2,2H3. The minimum Gasteiger partial charge on any atom is -0.449 e. The Morgan fingerprint density at radius 2 is 1.36 bits per heavy atom. The molecule has 0 radical (unpaired) electrons. The fourth-order valence-electron chi connectivity index (χ4n) is 4.68. The van der Waals surface area contributed by atoms with Gasteiger partial charge in [0.1, 0.15) is 0 Å². The normalized spacial score (nSPS) is 13.8. The predicted molar refractivity (Wildman–Crippen MR) is 133 cm³/mol. The molecule has 2 nitrogen and oxygen atoms in total. The molecule has 1 aliphatic carbocycles. The van der Waals surface area contributed by atoms with Crippen LogP contribution in [0.15, 0.2) is 109 Å². The maximum absolute atomic E-state index is 12.5. The molecular formula is C31H26O2. The molecule has 0 spiro atoms. The molecule has 4 aromatic rings. The summed E-state index contributed by atoms with van der Waals surface area (Å²) in [7, 11) is 0. The van der Waals surface area contributed by atoms with Crippen LogP contribution in [0.2, 0.25) is 0 Å². The largest absolute Gasteiger partial charge is 0.449 e. The van der Waals surface area contributed by atoms with E-state index in [0.717, 1.165) is 29.5 Å². The molecule has 1 atom stereocenters. The van der Waals surface area contributed by atoms with E-state index in [9.17, 15) is 4.79 Å². The lowest BCUT2D eigenvalue weighted by Crippen LogP contribution is -2.11. The Bertz CT molecular complexity index is 1320. The second-order valence-corrected chi connectivity index (χ2v) is 8.65. The molecule has 1 aliphatic rings. The third-order valence-corrected chi connectivity index (χ3v) is 6.27. The molecular weight excluding hydrogens is 404 g/mol. The van der Waals surface area contributed by atoms with Gasteiger partial charge in [-0.1, -0.05) is 104 Å². The molecule has 1 unspecified atom stereocenters. The summed E-state index contributed by atoms with van der Waals surface area (Å²) in [4.78, 5) is 12.5. The second-order valence-electron chi connectivity index (χ2n) is 8.65. The molecule has 0 bridgehead atoms. The van der Waals surface area contributed by atoms with Crippen molar-refractivity contribution in [3.8, 4) is 11.1 Å². The lowest BCUT2D eigenvalue weighted by molar-refractivity contribution is -0.142. The van der Waals surface area contributed by atoms with Gasteiger partial charge in [0, 0.05) is 16.7 Å². The van der Waals surface area contributed by atoms with Crippen molar-refractivity contribution in [2.45, 2.75) is 25.9 Å². The van der Waals surface area contributed by atoms with Crippen LogP contribution in [0.3, 0.4) is 0 Å². The average molecular weight is 431 g/mol. The zero-order chi connectivity index (χ0) is 22.8. The highest BCUT2D eigenvalue weighted by atomic mass is 16.5. The van der Waals surface area contributed by atoms with Crippen LogP contribution in [0.5, 0.6) is 0 Å². The van der Waals surface area contributed by atoms with E-state index in [1.165, 1.54) is 27.8 Å². The number of carbonyl (C=O) groups is 1. The molecule has 4 aromatic carbocycles. The van der Waals surface area contributed by atoms with Crippen LogP contribution in [-0.2, 0) is 22.4 Å². The molecule has 162 valence electrons. The molecule has 0 saturated heterocycles. The van der Waals surface area contributed by atoms with E-state index in [4.69, 9.17) is 4.74 Å². The van der Waals surface area contributed by atoms with Crippen molar-refractivity contribution < 1.29 is 9.53 Å². The Balaban J connectivity index is 1.68. The number of rotatable bonds is 6. The van der Waals surface area contributed by atoms with Crippen molar-refractivity contribution in [1.29, 1.82) is 0 Å². The number of hydrogen-bond acceptors (Lipinski definition) is 2. The van der Waals surface area contributed by atoms with Gasteiger partial charge in [-0.25, -0.2) is 4.79 Å². The first-order valence-corrected chi connectivity index (χ1v) is 11.3. The quantitative estimate of drug-likeness (QED) is 0.242. The van der Waals surface area contributed by atoms with Gasteiger partial charge in [-0.2, -0.15) is 0 Å². The van der Waals surface area contributed by atoms with Crippen molar-refractivity contribution in [1.82, 2.24) is 0 Å². The number of benzene rings is 4. The Morgan fingerprint density at radius 3 is 2.03 bits per heavy atom. The molecule has 0 heterocycles. The highest BCUT2D eigenvalue weighted by molar-refractivity contribution is 5.89. The minimum atomic E-state index is -0.416. The van der Waals surface area contributed by atoms with E-state index < -0.39 is 6.10 Å². The molecule has 0 saturated carbocycles. The molecule has 0 N–H and O–H groups in total. The van der Waals surface area contributed by atoms with Crippen LogP contribution < -0.4 is 0 Å². The Kier molecular flexibility index (Phi) is 5.66. The number of ether oxygens (including phenoxy) is 1. The van der Waals surface area contributed by atoms with Crippen LogP contribution in [0.1, 0.15) is 46.4 Å². The predicted octanol–water partition coefficient (Wildman–Crippen LogP) is 7.06. The summed E-state index contributed by atoms with van der Waals surface area (Å²) in [5.41, 5.74) is 9.97. The first kappa shape index (κ1) is 21.0. The second kappa shape index (κ2) is 8.91. The minimum absolute atomic E-state index is 0.361. The summed E-state index contributed by atoms with van der Waals surface area (Å²) >= 11 is 0. The summed E-state index contributed by atoms with van der Waals surface area (Å²) in [6.45, 7) is 5.46. The topological polar surface area (TPSA) is 26.3 Å². The van der Waals surface area contributed by atoms with E-state index in [1.807, 2.05) is 18.2 Å². The van der Waals surface area contributed by atoms with Crippen LogP contribution >= 0.6 is 0 Å². The molecule has 5 rings (SSSR count). The van der Waals surface area contributed by atoms with Crippen molar-refractivity contribution in [2.24, 2.45) is 0 Å². The molecule has 0 fully saturated rings. The summed E-state index contributed by atoms with van der Waals surface area (Å²) in [5.74, 6) is -0.361. The van der Waals surface area contributed by atoms with Crippen LogP contribution in [0.4, 0.5) is 0 Å². The van der Waals surface area contributed by atoms with Gasteiger partial charge in [0.25, 0.3) is 0 Å². The highest BCUT2D eigenvalue weighted by Crippen LogP contribution is 2.48. The van der Waals surface area contributed by atoms with Crippen LogP contribution in [0.25, 0.3) is 11.1 Å². The smallest absolute Gasteiger partial charge is 0.334 e. The first-order valence-electron chi connectivity index (χ1n) is 11.3. The van der Waals surface area contributed by atoms with Crippen molar-refractivity contribution in [2.75, 3.05) is 0 Å². The fourth-order valence-corrected chi connectivity index (χ4v) is 4.68. The van der Waals surface area contributed by atoms with E-state index in [2.05, 4.69) is 85.4 Å². The van der Waals surface area contributed by atoms with Gasteiger partial charge in [0.15, 0.2) is 6.10 Å². The summed E-state index contributed by atoms with van der Waals surface area (Å²) in [5, 5.41) is 0. The van der Waals surface area contributed by atoms with Crippen molar-refractivity contribution >= 4 is 5.97 Å². The van der Waals surface area contributed by atoms with Crippen LogP contribution in [0, 0.1) is 0 Å². The number of hydrogen-bond donors (Lipinski definition) is 0. The van der Waals surface area contributed by atoms with E-state index in [1.54, 1.807) is 6.92 Å². The van der Waals surface area contributed by atoms with Gasteiger partial charge in [-0.3, -0.25) is 0 Å². The van der Waals surface area contributed by atoms with Gasteiger partial charge in [0.2, 0.25) is 0 Å². The molecule has 0 amide bonds. The van der Waals surface area contributed by atoms with E-state index >= 15 is 0 Å². The lowest BCUT2D eigenvalue weighted by atomic mass is 9.88. The first-order chi connectivity index (χ1) is 16.1. The SMILES string of the molecule is C=C(C)C(=O)OC1c2ccccc2-c2c1ccc(Cc1ccccc1)c2Cc1ccccc1. The van der Waals surface area contributed by atoms with Gasteiger partial charge >= 0.3 is 5.97 Å². The third kappa shape index (κ3) is 4.12. The molecule has 2 heteroatoms. The van der Waals surface area contributed by atoms with Crippen molar-refractivity contribution in [3.05, 3.63) is 143 Å². The summed E-state index contributed by atoms with van der Waals surface area (Å²) in [6, 6.07) is 33.7. The Labute approximate surface area is 195 Å². The molecule has 33 heavy (non-hydrogen) atoms. The maximum Gasteiger partial charge on any atom is 0.334 e. The van der Waals surface area contributed by atoms with E-state index in [0.29, 0.717) is 5.57 Å². The molecule has 0 aliphatic heterocycles. The zero-order valence-electron chi connectivity index (χ0n) is 18.8. The Hall–Kier alpha value is -3.91. The molecule has 0 aromatic heterocycles. The fraction of sp³-hybridized carbons (Fsp3) is 0.129. The number of fused-ring (bicyclic) bond motifs is 3. The highest BCUT2D eigenvalue weighted by Gasteiger charge is 2.34. The van der Waals surface area contributed by atoms with Crippen molar-refractivity contribution in [3.63, 3.8) is 0 Å². The summed E-state index contributed by atoms with van der Waals surface area (Å²) in [6.07, 6.45) is 1.26.